The number of nitrogens with zero attached hydrogens (tertiary/aromatic N) is 1. The van der Waals surface area contributed by atoms with Crippen molar-refractivity contribution in [1.29, 1.82) is 0 Å². The van der Waals surface area contributed by atoms with Crippen molar-refractivity contribution >= 4 is 11.9 Å². The quantitative estimate of drug-likeness (QED) is 0.813. The Hall–Kier alpha value is -2.77. The van der Waals surface area contributed by atoms with Crippen LogP contribution in [0.4, 0.5) is 4.39 Å². The van der Waals surface area contributed by atoms with E-state index in [0.717, 1.165) is 5.56 Å². The zero-order valence-corrected chi connectivity index (χ0v) is 14.7. The first kappa shape index (κ1) is 19.0. The van der Waals surface area contributed by atoms with Crippen LogP contribution in [0, 0.1) is 5.82 Å². The SMILES string of the molecule is O=C(O)c1ccc(CNC(=O)[C@H](c2cccc(F)c2)N2CCOCC2)cc1. The van der Waals surface area contributed by atoms with Crippen LogP contribution in [0.25, 0.3) is 0 Å². The summed E-state index contributed by atoms with van der Waals surface area (Å²) < 4.78 is 19.0. The first-order chi connectivity index (χ1) is 13.0. The van der Waals surface area contributed by atoms with Crippen LogP contribution in [-0.4, -0.2) is 48.2 Å². The summed E-state index contributed by atoms with van der Waals surface area (Å²) in [6, 6.07) is 11.8. The summed E-state index contributed by atoms with van der Waals surface area (Å²) in [5, 5.41) is 11.8. The summed E-state index contributed by atoms with van der Waals surface area (Å²) in [4.78, 5) is 25.8. The van der Waals surface area contributed by atoms with Gasteiger partial charge in [-0.3, -0.25) is 9.69 Å². The number of carboxylic acid groups (broad SMARTS) is 1. The fourth-order valence-electron chi connectivity index (χ4n) is 3.09. The normalized spacial score (nSPS) is 15.9. The van der Waals surface area contributed by atoms with E-state index in [9.17, 15) is 14.0 Å². The Balaban J connectivity index is 1.73. The third kappa shape index (κ3) is 4.90. The molecule has 6 nitrogen and oxygen atoms in total. The molecule has 0 aromatic heterocycles. The Kier molecular flexibility index (Phi) is 6.16. The van der Waals surface area contributed by atoms with Crippen LogP contribution < -0.4 is 5.32 Å². The smallest absolute Gasteiger partial charge is 0.335 e. The number of amides is 1. The summed E-state index contributed by atoms with van der Waals surface area (Å²) in [6.07, 6.45) is 0. The van der Waals surface area contributed by atoms with Gasteiger partial charge in [-0.2, -0.15) is 0 Å². The average Bonchev–Trinajstić information content (AvgIpc) is 2.68. The van der Waals surface area contributed by atoms with E-state index in [2.05, 4.69) is 5.32 Å². The second kappa shape index (κ2) is 8.75. The highest BCUT2D eigenvalue weighted by Crippen LogP contribution is 2.23. The average molecular weight is 372 g/mol. The summed E-state index contributed by atoms with van der Waals surface area (Å²) in [5.41, 5.74) is 1.57. The summed E-state index contributed by atoms with van der Waals surface area (Å²) in [5.74, 6) is -1.61. The van der Waals surface area contributed by atoms with Gasteiger partial charge in [-0.25, -0.2) is 9.18 Å². The Labute approximate surface area is 156 Å². The molecule has 27 heavy (non-hydrogen) atoms. The second-order valence-corrected chi connectivity index (χ2v) is 6.33. The number of halogens is 1. The highest BCUT2D eigenvalue weighted by Gasteiger charge is 2.29. The maximum atomic E-state index is 13.7. The molecule has 7 heteroatoms. The van der Waals surface area contributed by atoms with Gasteiger partial charge in [-0.15, -0.1) is 0 Å². The predicted octanol–water partition coefficient (Wildman–Crippen LogP) is 2.21. The number of hydrogen-bond donors (Lipinski definition) is 2. The van der Waals surface area contributed by atoms with Gasteiger partial charge in [0, 0.05) is 19.6 Å². The highest BCUT2D eigenvalue weighted by atomic mass is 19.1. The van der Waals surface area contributed by atoms with Crippen molar-refractivity contribution in [3.63, 3.8) is 0 Å². The molecule has 2 N–H and O–H groups in total. The molecule has 0 spiro atoms. The van der Waals surface area contributed by atoms with Crippen LogP contribution in [0.15, 0.2) is 48.5 Å². The number of aromatic carboxylic acids is 1. The number of ether oxygens (including phenoxy) is 1. The summed E-state index contributed by atoms with van der Waals surface area (Å²) >= 11 is 0. The molecule has 1 aliphatic heterocycles. The number of hydrogen-bond acceptors (Lipinski definition) is 4. The molecule has 1 aliphatic rings. The fourth-order valence-corrected chi connectivity index (χ4v) is 3.09. The summed E-state index contributed by atoms with van der Waals surface area (Å²) in [6.45, 7) is 2.48. The Morgan fingerprint density at radius 2 is 1.85 bits per heavy atom. The minimum Gasteiger partial charge on any atom is -0.478 e. The van der Waals surface area contributed by atoms with E-state index in [1.54, 1.807) is 24.3 Å². The van der Waals surface area contributed by atoms with E-state index >= 15 is 0 Å². The van der Waals surface area contributed by atoms with Gasteiger partial charge < -0.3 is 15.2 Å². The van der Waals surface area contributed by atoms with Crippen molar-refractivity contribution < 1.29 is 23.8 Å². The maximum absolute atomic E-state index is 13.7. The van der Waals surface area contributed by atoms with Crippen LogP contribution in [0.5, 0.6) is 0 Å². The molecule has 0 aliphatic carbocycles. The van der Waals surface area contributed by atoms with Crippen molar-refractivity contribution in [3.05, 3.63) is 71.0 Å². The number of nitrogens with one attached hydrogen (secondary N) is 1. The lowest BCUT2D eigenvalue weighted by molar-refractivity contribution is -0.128. The van der Waals surface area contributed by atoms with E-state index in [1.165, 1.54) is 24.3 Å². The van der Waals surface area contributed by atoms with E-state index in [-0.39, 0.29) is 23.8 Å². The molecule has 3 rings (SSSR count). The van der Waals surface area contributed by atoms with Gasteiger partial charge >= 0.3 is 5.97 Å². The van der Waals surface area contributed by atoms with E-state index < -0.39 is 12.0 Å². The lowest BCUT2D eigenvalue weighted by atomic mass is 10.0. The molecule has 1 atom stereocenters. The Morgan fingerprint density at radius 1 is 1.15 bits per heavy atom. The number of rotatable bonds is 6. The third-order valence-electron chi connectivity index (χ3n) is 4.49. The van der Waals surface area contributed by atoms with Crippen LogP contribution in [0.3, 0.4) is 0 Å². The minimum atomic E-state index is -0.996. The number of carbonyl (C=O) groups is 2. The number of carbonyl (C=O) groups excluding carboxylic acids is 1. The molecular formula is C20H21FN2O4. The molecule has 2 aromatic rings. The van der Waals surface area contributed by atoms with Crippen molar-refractivity contribution in [3.8, 4) is 0 Å². The fraction of sp³-hybridized carbons (Fsp3) is 0.300. The van der Waals surface area contributed by atoms with Gasteiger partial charge in [0.2, 0.25) is 5.91 Å². The summed E-state index contributed by atoms with van der Waals surface area (Å²) in [7, 11) is 0. The van der Waals surface area contributed by atoms with Gasteiger partial charge in [0.25, 0.3) is 0 Å². The van der Waals surface area contributed by atoms with Crippen molar-refractivity contribution in [1.82, 2.24) is 10.2 Å². The zero-order chi connectivity index (χ0) is 19.2. The molecule has 1 saturated heterocycles. The molecule has 1 amide bonds. The second-order valence-electron chi connectivity index (χ2n) is 6.33. The van der Waals surface area contributed by atoms with Crippen LogP contribution in [0.2, 0.25) is 0 Å². The van der Waals surface area contributed by atoms with E-state index in [0.29, 0.717) is 31.9 Å². The first-order valence-corrected chi connectivity index (χ1v) is 8.72. The van der Waals surface area contributed by atoms with Gasteiger partial charge in [0.15, 0.2) is 0 Å². The lowest BCUT2D eigenvalue weighted by Crippen LogP contribution is -2.45. The van der Waals surface area contributed by atoms with E-state index in [1.807, 2.05) is 4.90 Å². The van der Waals surface area contributed by atoms with Gasteiger partial charge in [-0.1, -0.05) is 24.3 Å². The van der Waals surface area contributed by atoms with E-state index in [4.69, 9.17) is 9.84 Å². The molecular weight excluding hydrogens is 351 g/mol. The first-order valence-electron chi connectivity index (χ1n) is 8.72. The molecule has 1 fully saturated rings. The Bertz CT molecular complexity index is 804. The lowest BCUT2D eigenvalue weighted by Gasteiger charge is -2.33. The highest BCUT2D eigenvalue weighted by molar-refractivity contribution is 5.87. The predicted molar refractivity (Wildman–Crippen MR) is 96.8 cm³/mol. The number of carboxylic acids is 1. The van der Waals surface area contributed by atoms with Gasteiger partial charge in [-0.05, 0) is 35.4 Å². The third-order valence-corrected chi connectivity index (χ3v) is 4.49. The van der Waals surface area contributed by atoms with Crippen molar-refractivity contribution in [2.24, 2.45) is 0 Å². The van der Waals surface area contributed by atoms with Gasteiger partial charge in [0.05, 0.1) is 18.8 Å². The number of morpholine rings is 1. The molecule has 0 bridgehead atoms. The van der Waals surface area contributed by atoms with Crippen LogP contribution >= 0.6 is 0 Å². The van der Waals surface area contributed by atoms with Gasteiger partial charge in [0.1, 0.15) is 11.9 Å². The molecule has 2 aromatic carbocycles. The zero-order valence-electron chi connectivity index (χ0n) is 14.7. The maximum Gasteiger partial charge on any atom is 0.335 e. The number of benzene rings is 2. The minimum absolute atomic E-state index is 0.191. The standard InChI is InChI=1S/C20H21FN2O4/c21-17-3-1-2-16(12-17)18(23-8-10-27-11-9-23)19(24)22-13-14-4-6-15(7-5-14)20(25)26/h1-7,12,18H,8-11,13H2,(H,22,24)(H,25,26)/t18-/m0/s1. The molecule has 0 radical (unpaired) electrons. The molecule has 0 unspecified atom stereocenters. The molecule has 142 valence electrons. The molecule has 1 heterocycles. The van der Waals surface area contributed by atoms with Crippen molar-refractivity contribution in [2.45, 2.75) is 12.6 Å². The van der Waals surface area contributed by atoms with Crippen molar-refractivity contribution in [2.75, 3.05) is 26.3 Å². The van der Waals surface area contributed by atoms with Crippen LogP contribution in [-0.2, 0) is 16.1 Å². The van der Waals surface area contributed by atoms with Crippen LogP contribution in [0.1, 0.15) is 27.5 Å². The molecule has 0 saturated carbocycles. The topological polar surface area (TPSA) is 78.9 Å². The largest absolute Gasteiger partial charge is 0.478 e. The monoisotopic (exact) mass is 372 g/mol. The Morgan fingerprint density at radius 3 is 2.48 bits per heavy atom.